The van der Waals surface area contributed by atoms with Crippen molar-refractivity contribution in [3.8, 4) is 11.5 Å². The van der Waals surface area contributed by atoms with Gasteiger partial charge in [-0.2, -0.15) is 0 Å². The van der Waals surface area contributed by atoms with Crippen LogP contribution in [0.2, 0.25) is 0 Å². The Bertz CT molecular complexity index is 1030. The number of ketones is 1. The van der Waals surface area contributed by atoms with Crippen molar-refractivity contribution in [1.29, 1.82) is 0 Å². The lowest BCUT2D eigenvalue weighted by molar-refractivity contribution is -0.140. The number of aliphatic hydroxyl groups excluding tert-OH is 1. The molecule has 0 radical (unpaired) electrons. The molecule has 33 heavy (non-hydrogen) atoms. The monoisotopic (exact) mass is 451 g/mol. The van der Waals surface area contributed by atoms with Crippen molar-refractivity contribution in [1.82, 2.24) is 4.90 Å². The third-order valence-electron chi connectivity index (χ3n) is 5.27. The van der Waals surface area contributed by atoms with Gasteiger partial charge in [0, 0.05) is 25.8 Å². The highest BCUT2D eigenvalue weighted by Gasteiger charge is 2.45. The number of Topliss-reactive ketones (excluding diaryl/α,β-unsaturated/α-hetero) is 1. The average molecular weight is 452 g/mol. The number of carbonyl (C=O) groups excluding carboxylic acids is 2. The first-order chi connectivity index (χ1) is 16.0. The summed E-state index contributed by atoms with van der Waals surface area (Å²) in [7, 11) is 1.58. The largest absolute Gasteiger partial charge is 0.507 e. The predicted molar refractivity (Wildman–Crippen MR) is 125 cm³/mol. The molecule has 1 aliphatic heterocycles. The van der Waals surface area contributed by atoms with Gasteiger partial charge in [0.2, 0.25) is 0 Å². The van der Waals surface area contributed by atoms with Crippen molar-refractivity contribution in [2.45, 2.75) is 19.4 Å². The Kier molecular flexibility index (Phi) is 8.27. The van der Waals surface area contributed by atoms with E-state index in [2.05, 4.69) is 6.58 Å². The fraction of sp³-hybridized carbons (Fsp3) is 0.308. The number of methoxy groups -OCH3 is 1. The van der Waals surface area contributed by atoms with E-state index in [0.29, 0.717) is 55.4 Å². The molecule has 0 unspecified atom stereocenters. The number of likely N-dealkylation sites (tertiary alicyclic amines) is 1. The van der Waals surface area contributed by atoms with Crippen LogP contribution in [0.4, 0.5) is 0 Å². The molecular weight excluding hydrogens is 422 g/mol. The zero-order valence-electron chi connectivity index (χ0n) is 19.0. The molecule has 0 bridgehead atoms. The van der Waals surface area contributed by atoms with Crippen LogP contribution in [0.25, 0.3) is 5.76 Å². The molecule has 1 atom stereocenters. The number of amides is 1. The van der Waals surface area contributed by atoms with E-state index in [1.54, 1.807) is 49.6 Å². The van der Waals surface area contributed by atoms with Gasteiger partial charge in [0.1, 0.15) is 23.9 Å². The molecule has 0 aromatic heterocycles. The van der Waals surface area contributed by atoms with E-state index >= 15 is 0 Å². The standard InChI is InChI=1S/C26H29NO6/c1-4-15-33-20-12-10-18(11-13-20)24(28)22-23(19-8-6-9-21(17-19)32-5-2)27(14-7-16-31-3)26(30)25(22)29/h4,6,8-13,17,23,28H,1,5,7,14-16H2,2-3H3/t23-/m0/s1. The zero-order chi connectivity index (χ0) is 23.8. The minimum Gasteiger partial charge on any atom is -0.507 e. The first kappa shape index (κ1) is 24.1. The molecule has 0 aliphatic carbocycles. The van der Waals surface area contributed by atoms with E-state index in [4.69, 9.17) is 14.2 Å². The molecule has 2 aromatic carbocycles. The number of rotatable bonds is 11. The van der Waals surface area contributed by atoms with E-state index in [1.807, 2.05) is 19.1 Å². The maximum Gasteiger partial charge on any atom is 0.295 e. The zero-order valence-corrected chi connectivity index (χ0v) is 19.0. The van der Waals surface area contributed by atoms with Gasteiger partial charge in [0.25, 0.3) is 11.7 Å². The minimum absolute atomic E-state index is 0.0471. The fourth-order valence-corrected chi connectivity index (χ4v) is 3.80. The second kappa shape index (κ2) is 11.3. The first-order valence-corrected chi connectivity index (χ1v) is 10.9. The third-order valence-corrected chi connectivity index (χ3v) is 5.27. The highest BCUT2D eigenvalue weighted by atomic mass is 16.5. The molecule has 0 saturated carbocycles. The van der Waals surface area contributed by atoms with Crippen molar-refractivity contribution in [3.05, 3.63) is 77.9 Å². The molecule has 1 fully saturated rings. The summed E-state index contributed by atoms with van der Waals surface area (Å²) in [5.41, 5.74) is 1.15. The summed E-state index contributed by atoms with van der Waals surface area (Å²) in [6.07, 6.45) is 2.19. The van der Waals surface area contributed by atoms with Crippen LogP contribution in [0.15, 0.2) is 66.8 Å². The molecule has 1 N–H and O–H groups in total. The summed E-state index contributed by atoms with van der Waals surface area (Å²) in [6, 6.07) is 13.2. The van der Waals surface area contributed by atoms with Crippen LogP contribution in [-0.2, 0) is 14.3 Å². The van der Waals surface area contributed by atoms with Crippen LogP contribution in [-0.4, -0.2) is 55.2 Å². The number of carbonyl (C=O) groups is 2. The van der Waals surface area contributed by atoms with Gasteiger partial charge in [-0.15, -0.1) is 0 Å². The van der Waals surface area contributed by atoms with E-state index in [1.165, 1.54) is 4.90 Å². The molecule has 1 amide bonds. The predicted octanol–water partition coefficient (Wildman–Crippen LogP) is 4.11. The van der Waals surface area contributed by atoms with Crippen LogP contribution >= 0.6 is 0 Å². The second-order valence-corrected chi connectivity index (χ2v) is 7.47. The number of hydrogen-bond donors (Lipinski definition) is 1. The number of hydrogen-bond acceptors (Lipinski definition) is 6. The van der Waals surface area contributed by atoms with Crippen molar-refractivity contribution < 1.29 is 28.9 Å². The van der Waals surface area contributed by atoms with Crippen molar-refractivity contribution in [3.63, 3.8) is 0 Å². The highest BCUT2D eigenvalue weighted by Crippen LogP contribution is 2.40. The van der Waals surface area contributed by atoms with Gasteiger partial charge in [-0.3, -0.25) is 9.59 Å². The van der Waals surface area contributed by atoms with Crippen molar-refractivity contribution in [2.24, 2.45) is 0 Å². The first-order valence-electron chi connectivity index (χ1n) is 10.9. The summed E-state index contributed by atoms with van der Waals surface area (Å²) < 4.78 is 16.2. The average Bonchev–Trinajstić information content (AvgIpc) is 3.08. The lowest BCUT2D eigenvalue weighted by atomic mass is 9.95. The van der Waals surface area contributed by atoms with Gasteiger partial charge < -0.3 is 24.2 Å². The quantitative estimate of drug-likeness (QED) is 0.182. The fourth-order valence-electron chi connectivity index (χ4n) is 3.80. The highest BCUT2D eigenvalue weighted by molar-refractivity contribution is 6.46. The lowest BCUT2D eigenvalue weighted by Gasteiger charge is -2.25. The molecule has 7 nitrogen and oxygen atoms in total. The van der Waals surface area contributed by atoms with Gasteiger partial charge in [-0.05, 0) is 55.3 Å². The number of benzene rings is 2. The molecule has 1 aliphatic rings. The van der Waals surface area contributed by atoms with Gasteiger partial charge in [0.15, 0.2) is 0 Å². The summed E-state index contributed by atoms with van der Waals surface area (Å²) in [4.78, 5) is 27.5. The van der Waals surface area contributed by atoms with Crippen LogP contribution in [0, 0.1) is 0 Å². The minimum atomic E-state index is -0.737. The third kappa shape index (κ3) is 5.43. The van der Waals surface area contributed by atoms with Gasteiger partial charge in [0.05, 0.1) is 18.2 Å². The molecule has 1 heterocycles. The van der Waals surface area contributed by atoms with Crippen molar-refractivity contribution in [2.75, 3.05) is 33.5 Å². The van der Waals surface area contributed by atoms with E-state index < -0.39 is 17.7 Å². The van der Waals surface area contributed by atoms with Crippen LogP contribution in [0.1, 0.15) is 30.5 Å². The molecule has 2 aromatic rings. The van der Waals surface area contributed by atoms with E-state index in [0.717, 1.165) is 0 Å². The van der Waals surface area contributed by atoms with Crippen molar-refractivity contribution >= 4 is 17.4 Å². The van der Waals surface area contributed by atoms with Crippen LogP contribution in [0.3, 0.4) is 0 Å². The van der Waals surface area contributed by atoms with Gasteiger partial charge in [-0.1, -0.05) is 24.8 Å². The normalized spacial score (nSPS) is 17.3. The van der Waals surface area contributed by atoms with E-state index in [9.17, 15) is 14.7 Å². The summed E-state index contributed by atoms with van der Waals surface area (Å²) >= 11 is 0. The Morgan fingerprint density at radius 3 is 2.55 bits per heavy atom. The second-order valence-electron chi connectivity index (χ2n) is 7.47. The summed E-state index contributed by atoms with van der Waals surface area (Å²) in [5, 5.41) is 11.1. The molecule has 3 rings (SSSR count). The topological polar surface area (TPSA) is 85.3 Å². The molecule has 7 heteroatoms. The Hall–Kier alpha value is -3.58. The molecule has 0 spiro atoms. The van der Waals surface area contributed by atoms with Gasteiger partial charge >= 0.3 is 0 Å². The Labute approximate surface area is 193 Å². The molecule has 174 valence electrons. The molecular formula is C26H29NO6. The smallest absolute Gasteiger partial charge is 0.295 e. The molecule has 1 saturated heterocycles. The lowest BCUT2D eigenvalue weighted by Crippen LogP contribution is -2.31. The number of ether oxygens (including phenoxy) is 3. The summed E-state index contributed by atoms with van der Waals surface area (Å²) in [6.45, 7) is 7.09. The van der Waals surface area contributed by atoms with E-state index in [-0.39, 0.29) is 11.3 Å². The maximum atomic E-state index is 13.1. The Morgan fingerprint density at radius 1 is 1.12 bits per heavy atom. The SMILES string of the molecule is C=CCOc1ccc(C(O)=C2C(=O)C(=O)N(CCCOC)[C@H]2c2cccc(OCC)c2)cc1. The Balaban J connectivity index is 2.05. The summed E-state index contributed by atoms with van der Waals surface area (Å²) in [5.74, 6) is -0.368. The van der Waals surface area contributed by atoms with Gasteiger partial charge in [-0.25, -0.2) is 0 Å². The van der Waals surface area contributed by atoms with Crippen LogP contribution < -0.4 is 9.47 Å². The number of nitrogens with zero attached hydrogens (tertiary/aromatic N) is 1. The Morgan fingerprint density at radius 2 is 1.88 bits per heavy atom. The maximum absolute atomic E-state index is 13.1. The number of aliphatic hydroxyl groups is 1. The van der Waals surface area contributed by atoms with Crippen LogP contribution in [0.5, 0.6) is 11.5 Å².